The van der Waals surface area contributed by atoms with Crippen LogP contribution < -0.4 is 0 Å². The summed E-state index contributed by atoms with van der Waals surface area (Å²) in [5.74, 6) is -0.934. The predicted octanol–water partition coefficient (Wildman–Crippen LogP) is 4.19. The number of halogens is 1. The zero-order chi connectivity index (χ0) is 13.4. The van der Waals surface area contributed by atoms with Crippen LogP contribution in [0.15, 0.2) is 48.7 Å². The predicted molar refractivity (Wildman–Crippen MR) is 75.7 cm³/mol. The van der Waals surface area contributed by atoms with E-state index in [4.69, 9.17) is 16.7 Å². The molecule has 0 radical (unpaired) electrons. The lowest BCUT2D eigenvalue weighted by atomic mass is 10.0. The normalized spacial score (nSPS) is 10.8. The highest BCUT2D eigenvalue weighted by Crippen LogP contribution is 2.30. The van der Waals surface area contributed by atoms with Gasteiger partial charge >= 0.3 is 5.97 Å². The molecule has 3 nitrogen and oxygen atoms in total. The molecule has 0 aliphatic rings. The Labute approximate surface area is 114 Å². The second-order valence-electron chi connectivity index (χ2n) is 4.25. The fourth-order valence-electron chi connectivity index (χ4n) is 2.17. The second kappa shape index (κ2) is 4.44. The number of fused-ring (bicyclic) bond motifs is 1. The number of rotatable bonds is 2. The van der Waals surface area contributed by atoms with Gasteiger partial charge in [-0.05, 0) is 17.7 Å². The van der Waals surface area contributed by atoms with Gasteiger partial charge in [0.05, 0.1) is 5.56 Å². The SMILES string of the molecule is O=C(O)c1c[nH]c2cc(-c3ccccc3Cl)ccc12. The third-order valence-electron chi connectivity index (χ3n) is 3.10. The number of aromatic amines is 1. The Kier molecular flexibility index (Phi) is 2.76. The first-order chi connectivity index (χ1) is 9.16. The number of H-pyrrole nitrogens is 1. The van der Waals surface area contributed by atoms with E-state index >= 15 is 0 Å². The summed E-state index contributed by atoms with van der Waals surface area (Å²) in [6.07, 6.45) is 1.50. The fraction of sp³-hybridized carbons (Fsp3) is 0. The molecule has 0 saturated heterocycles. The highest BCUT2D eigenvalue weighted by molar-refractivity contribution is 6.33. The number of aromatic nitrogens is 1. The Morgan fingerprint density at radius 1 is 1.16 bits per heavy atom. The third-order valence-corrected chi connectivity index (χ3v) is 3.43. The summed E-state index contributed by atoms with van der Waals surface area (Å²) >= 11 is 6.16. The summed E-state index contributed by atoms with van der Waals surface area (Å²) in [6, 6.07) is 13.1. The number of nitrogens with one attached hydrogen (secondary N) is 1. The monoisotopic (exact) mass is 271 g/mol. The van der Waals surface area contributed by atoms with Gasteiger partial charge in [-0.1, -0.05) is 41.9 Å². The summed E-state index contributed by atoms with van der Waals surface area (Å²) in [6.45, 7) is 0. The summed E-state index contributed by atoms with van der Waals surface area (Å²) in [4.78, 5) is 14.0. The molecule has 3 aromatic rings. The lowest BCUT2D eigenvalue weighted by Crippen LogP contribution is -1.93. The van der Waals surface area contributed by atoms with E-state index < -0.39 is 5.97 Å². The van der Waals surface area contributed by atoms with Crippen LogP contribution in [0.1, 0.15) is 10.4 Å². The van der Waals surface area contributed by atoms with E-state index in [1.54, 1.807) is 6.07 Å². The molecule has 0 fully saturated rings. The smallest absolute Gasteiger partial charge is 0.337 e. The molecule has 0 spiro atoms. The van der Waals surface area contributed by atoms with E-state index in [0.29, 0.717) is 10.4 Å². The minimum Gasteiger partial charge on any atom is -0.478 e. The molecule has 4 heteroatoms. The maximum atomic E-state index is 11.0. The van der Waals surface area contributed by atoms with Crippen molar-refractivity contribution in [2.75, 3.05) is 0 Å². The van der Waals surface area contributed by atoms with Crippen molar-refractivity contribution < 1.29 is 9.90 Å². The van der Waals surface area contributed by atoms with E-state index in [-0.39, 0.29) is 5.56 Å². The molecule has 19 heavy (non-hydrogen) atoms. The highest BCUT2D eigenvalue weighted by Gasteiger charge is 2.11. The van der Waals surface area contributed by atoms with Crippen LogP contribution in [0, 0.1) is 0 Å². The van der Waals surface area contributed by atoms with Gasteiger partial charge in [-0.3, -0.25) is 0 Å². The second-order valence-corrected chi connectivity index (χ2v) is 4.65. The van der Waals surface area contributed by atoms with E-state index in [2.05, 4.69) is 4.98 Å². The van der Waals surface area contributed by atoms with Crippen LogP contribution in [-0.2, 0) is 0 Å². The molecule has 0 unspecified atom stereocenters. The molecule has 0 saturated carbocycles. The average molecular weight is 272 g/mol. The van der Waals surface area contributed by atoms with Crippen molar-refractivity contribution in [1.82, 2.24) is 4.98 Å². The Hall–Kier alpha value is -2.26. The maximum Gasteiger partial charge on any atom is 0.337 e. The number of benzene rings is 2. The summed E-state index contributed by atoms with van der Waals surface area (Å²) in [5, 5.41) is 10.4. The molecular weight excluding hydrogens is 262 g/mol. The van der Waals surface area contributed by atoms with Crippen molar-refractivity contribution in [3.8, 4) is 11.1 Å². The van der Waals surface area contributed by atoms with Gasteiger partial charge in [-0.25, -0.2) is 4.79 Å². The fourth-order valence-corrected chi connectivity index (χ4v) is 2.41. The Bertz CT molecular complexity index is 777. The van der Waals surface area contributed by atoms with E-state index in [1.165, 1.54) is 6.20 Å². The molecule has 1 heterocycles. The zero-order valence-corrected chi connectivity index (χ0v) is 10.6. The van der Waals surface area contributed by atoms with Crippen molar-refractivity contribution in [3.63, 3.8) is 0 Å². The summed E-state index contributed by atoms with van der Waals surface area (Å²) < 4.78 is 0. The minimum absolute atomic E-state index is 0.278. The van der Waals surface area contributed by atoms with Crippen LogP contribution >= 0.6 is 11.6 Å². The quantitative estimate of drug-likeness (QED) is 0.734. The van der Waals surface area contributed by atoms with Crippen molar-refractivity contribution in [2.24, 2.45) is 0 Å². The van der Waals surface area contributed by atoms with Gasteiger partial charge in [-0.2, -0.15) is 0 Å². The van der Waals surface area contributed by atoms with Gasteiger partial charge in [0.15, 0.2) is 0 Å². The first kappa shape index (κ1) is 11.8. The lowest BCUT2D eigenvalue weighted by Gasteiger charge is -2.04. The van der Waals surface area contributed by atoms with Gasteiger partial charge in [0, 0.05) is 27.7 Å². The molecule has 3 rings (SSSR count). The summed E-state index contributed by atoms with van der Waals surface area (Å²) in [5.41, 5.74) is 2.95. The highest BCUT2D eigenvalue weighted by atomic mass is 35.5. The van der Waals surface area contributed by atoms with Crippen LogP contribution in [0.4, 0.5) is 0 Å². The first-order valence-electron chi connectivity index (χ1n) is 5.76. The van der Waals surface area contributed by atoms with Gasteiger partial charge < -0.3 is 10.1 Å². The van der Waals surface area contributed by atoms with E-state index in [1.807, 2.05) is 36.4 Å². The van der Waals surface area contributed by atoms with Crippen molar-refractivity contribution in [1.29, 1.82) is 0 Å². The number of carboxylic acid groups (broad SMARTS) is 1. The zero-order valence-electron chi connectivity index (χ0n) is 9.85. The van der Waals surface area contributed by atoms with Crippen LogP contribution in [0.25, 0.3) is 22.0 Å². The largest absolute Gasteiger partial charge is 0.478 e. The first-order valence-corrected chi connectivity index (χ1v) is 6.14. The topological polar surface area (TPSA) is 53.1 Å². The Morgan fingerprint density at radius 3 is 2.68 bits per heavy atom. The molecule has 1 aromatic heterocycles. The molecular formula is C15H10ClNO2. The van der Waals surface area contributed by atoms with E-state index in [9.17, 15) is 4.79 Å². The molecule has 0 aliphatic heterocycles. The Balaban J connectivity index is 2.18. The molecule has 2 N–H and O–H groups in total. The molecule has 94 valence electrons. The van der Waals surface area contributed by atoms with Gasteiger partial charge in [0.25, 0.3) is 0 Å². The maximum absolute atomic E-state index is 11.0. The lowest BCUT2D eigenvalue weighted by molar-refractivity contribution is 0.0699. The molecule has 0 amide bonds. The van der Waals surface area contributed by atoms with Crippen LogP contribution in [0.3, 0.4) is 0 Å². The van der Waals surface area contributed by atoms with Gasteiger partial charge in [-0.15, -0.1) is 0 Å². The third kappa shape index (κ3) is 1.98. The Morgan fingerprint density at radius 2 is 1.95 bits per heavy atom. The van der Waals surface area contributed by atoms with Crippen molar-refractivity contribution in [2.45, 2.75) is 0 Å². The average Bonchev–Trinajstić information content (AvgIpc) is 2.82. The number of hydrogen-bond acceptors (Lipinski definition) is 1. The van der Waals surface area contributed by atoms with Gasteiger partial charge in [0.1, 0.15) is 0 Å². The van der Waals surface area contributed by atoms with Crippen molar-refractivity contribution in [3.05, 3.63) is 59.2 Å². The van der Waals surface area contributed by atoms with Crippen molar-refractivity contribution >= 4 is 28.5 Å². The standard InChI is InChI=1S/C15H10ClNO2/c16-13-4-2-1-3-10(13)9-5-6-11-12(15(18)19)8-17-14(11)7-9/h1-8,17H,(H,18,19). The number of carbonyl (C=O) groups is 1. The molecule has 0 aliphatic carbocycles. The molecule has 0 bridgehead atoms. The van der Waals surface area contributed by atoms with E-state index in [0.717, 1.165) is 16.6 Å². The van der Waals surface area contributed by atoms with Crippen LogP contribution in [0.5, 0.6) is 0 Å². The summed E-state index contributed by atoms with van der Waals surface area (Å²) in [7, 11) is 0. The number of aromatic carboxylic acids is 1. The van der Waals surface area contributed by atoms with Crippen LogP contribution in [-0.4, -0.2) is 16.1 Å². The number of hydrogen-bond donors (Lipinski definition) is 2. The minimum atomic E-state index is -0.934. The van der Waals surface area contributed by atoms with Gasteiger partial charge in [0.2, 0.25) is 0 Å². The molecule has 2 aromatic carbocycles. The van der Waals surface area contributed by atoms with Crippen LogP contribution in [0.2, 0.25) is 5.02 Å². The molecule has 0 atom stereocenters. The number of carboxylic acids is 1.